The molecule has 1 unspecified atom stereocenters. The van der Waals surface area contributed by atoms with Crippen molar-refractivity contribution >= 4 is 16.9 Å². The lowest BCUT2D eigenvalue weighted by molar-refractivity contribution is 0.0937. The first-order valence-electron chi connectivity index (χ1n) is 7.30. The number of aromatic nitrogens is 3. The number of carbonyl (C=O) groups excluding carboxylic acids is 1. The van der Waals surface area contributed by atoms with Gasteiger partial charge in [0.25, 0.3) is 5.91 Å². The number of imidazole rings is 1. The molecule has 0 saturated heterocycles. The largest absolute Gasteiger partial charge is 0.342 e. The van der Waals surface area contributed by atoms with Gasteiger partial charge in [0, 0.05) is 12.4 Å². The van der Waals surface area contributed by atoms with Gasteiger partial charge in [-0.15, -0.1) is 6.42 Å². The second kappa shape index (κ2) is 6.32. The van der Waals surface area contributed by atoms with Crippen molar-refractivity contribution in [1.29, 1.82) is 0 Å². The molecule has 0 aliphatic rings. The van der Waals surface area contributed by atoms with Crippen molar-refractivity contribution < 1.29 is 4.79 Å². The van der Waals surface area contributed by atoms with E-state index < -0.39 is 0 Å². The van der Waals surface area contributed by atoms with E-state index in [1.54, 1.807) is 18.3 Å². The number of hydrogen-bond donors (Lipinski definition) is 1. The number of benzene rings is 1. The van der Waals surface area contributed by atoms with Crippen molar-refractivity contribution in [2.24, 2.45) is 0 Å². The topological polar surface area (TPSA) is 59.8 Å². The molecule has 0 aliphatic carbocycles. The minimum atomic E-state index is -0.275. The summed E-state index contributed by atoms with van der Waals surface area (Å²) in [6, 6.07) is 11.0. The number of nitrogens with zero attached hydrogens (tertiary/aromatic N) is 3. The fraction of sp³-hybridized carbons (Fsp3) is 0.167. The van der Waals surface area contributed by atoms with Gasteiger partial charge >= 0.3 is 0 Å². The SMILES string of the molecule is C#CCn1c(C(C)NC(=O)c2cccnc2)nc2ccccc21. The molecular weight excluding hydrogens is 288 g/mol. The Labute approximate surface area is 134 Å². The zero-order valence-electron chi connectivity index (χ0n) is 12.7. The summed E-state index contributed by atoms with van der Waals surface area (Å²) in [6.45, 7) is 2.30. The van der Waals surface area contributed by atoms with Crippen LogP contribution in [0.4, 0.5) is 0 Å². The number of rotatable bonds is 4. The van der Waals surface area contributed by atoms with E-state index in [9.17, 15) is 4.79 Å². The van der Waals surface area contributed by atoms with Gasteiger partial charge in [-0.2, -0.15) is 0 Å². The fourth-order valence-corrected chi connectivity index (χ4v) is 2.52. The molecule has 0 fully saturated rings. The normalized spacial score (nSPS) is 11.8. The zero-order valence-corrected chi connectivity index (χ0v) is 12.7. The van der Waals surface area contributed by atoms with Crippen molar-refractivity contribution in [3.63, 3.8) is 0 Å². The van der Waals surface area contributed by atoms with Gasteiger partial charge in [0.15, 0.2) is 0 Å². The Balaban J connectivity index is 1.92. The van der Waals surface area contributed by atoms with Crippen molar-refractivity contribution in [2.45, 2.75) is 19.5 Å². The number of para-hydroxylation sites is 2. The minimum Gasteiger partial charge on any atom is -0.342 e. The Morgan fingerprint density at radius 3 is 2.91 bits per heavy atom. The molecule has 2 aromatic heterocycles. The van der Waals surface area contributed by atoms with Crippen LogP contribution in [0, 0.1) is 12.3 Å². The van der Waals surface area contributed by atoms with E-state index in [0.29, 0.717) is 12.1 Å². The lowest BCUT2D eigenvalue weighted by Gasteiger charge is -2.15. The van der Waals surface area contributed by atoms with Crippen molar-refractivity contribution in [3.8, 4) is 12.3 Å². The highest BCUT2D eigenvalue weighted by atomic mass is 16.1. The van der Waals surface area contributed by atoms with Crippen LogP contribution in [0.15, 0.2) is 48.8 Å². The number of amides is 1. The summed E-state index contributed by atoms with van der Waals surface area (Å²) in [5.74, 6) is 3.19. The summed E-state index contributed by atoms with van der Waals surface area (Å²) < 4.78 is 1.95. The second-order valence-electron chi connectivity index (χ2n) is 5.19. The highest BCUT2D eigenvalue weighted by Crippen LogP contribution is 2.20. The second-order valence-corrected chi connectivity index (χ2v) is 5.19. The van der Waals surface area contributed by atoms with Gasteiger partial charge in [-0.1, -0.05) is 18.1 Å². The maximum atomic E-state index is 12.3. The van der Waals surface area contributed by atoms with E-state index in [-0.39, 0.29) is 11.9 Å². The van der Waals surface area contributed by atoms with Crippen LogP contribution in [0.2, 0.25) is 0 Å². The first kappa shape index (κ1) is 14.8. The number of hydrogen-bond acceptors (Lipinski definition) is 3. The molecule has 1 aromatic carbocycles. The number of terminal acetylenes is 1. The predicted octanol–water partition coefficient (Wildman–Crippen LogP) is 2.56. The third-order valence-electron chi connectivity index (χ3n) is 3.59. The molecule has 1 atom stereocenters. The molecule has 0 bridgehead atoms. The maximum Gasteiger partial charge on any atom is 0.253 e. The molecule has 1 N–H and O–H groups in total. The molecule has 0 saturated carbocycles. The average molecular weight is 304 g/mol. The summed E-state index contributed by atoms with van der Waals surface area (Å²) in [6.07, 6.45) is 8.64. The standard InChI is InChI=1S/C18H16N4O/c1-3-11-22-16-9-5-4-8-15(16)21-17(22)13(2)20-18(23)14-7-6-10-19-12-14/h1,4-10,12-13H,11H2,2H3,(H,20,23). The van der Waals surface area contributed by atoms with Crippen LogP contribution in [-0.4, -0.2) is 20.4 Å². The van der Waals surface area contributed by atoms with Crippen LogP contribution in [0.3, 0.4) is 0 Å². The molecule has 1 amide bonds. The molecule has 3 aromatic rings. The Hall–Kier alpha value is -3.13. The molecule has 3 rings (SSSR count). The minimum absolute atomic E-state index is 0.190. The molecule has 0 spiro atoms. The van der Waals surface area contributed by atoms with Crippen LogP contribution >= 0.6 is 0 Å². The number of nitrogens with one attached hydrogen (secondary N) is 1. The van der Waals surface area contributed by atoms with Crippen LogP contribution < -0.4 is 5.32 Å². The quantitative estimate of drug-likeness (QED) is 0.754. The molecule has 23 heavy (non-hydrogen) atoms. The van der Waals surface area contributed by atoms with Gasteiger partial charge < -0.3 is 9.88 Å². The first-order valence-corrected chi connectivity index (χ1v) is 7.30. The average Bonchev–Trinajstić information content (AvgIpc) is 2.95. The predicted molar refractivity (Wildman–Crippen MR) is 88.7 cm³/mol. The van der Waals surface area contributed by atoms with Crippen LogP contribution in [0.1, 0.15) is 29.1 Å². The highest BCUT2D eigenvalue weighted by Gasteiger charge is 2.18. The Bertz CT molecular complexity index is 877. The monoisotopic (exact) mass is 304 g/mol. The number of carbonyl (C=O) groups is 1. The fourth-order valence-electron chi connectivity index (χ4n) is 2.52. The van der Waals surface area contributed by atoms with Crippen molar-refractivity contribution in [1.82, 2.24) is 19.9 Å². The van der Waals surface area contributed by atoms with Gasteiger partial charge in [-0.25, -0.2) is 4.98 Å². The highest BCUT2D eigenvalue weighted by molar-refractivity contribution is 5.94. The third-order valence-corrected chi connectivity index (χ3v) is 3.59. The van der Waals surface area contributed by atoms with Gasteiger partial charge in [-0.05, 0) is 31.2 Å². The van der Waals surface area contributed by atoms with E-state index in [1.165, 1.54) is 6.20 Å². The third kappa shape index (κ3) is 2.92. The molecular formula is C18H16N4O. The number of fused-ring (bicyclic) bond motifs is 1. The summed E-state index contributed by atoms with van der Waals surface area (Å²) in [5.41, 5.74) is 2.34. The summed E-state index contributed by atoms with van der Waals surface area (Å²) in [7, 11) is 0. The van der Waals surface area contributed by atoms with E-state index in [0.717, 1.165) is 16.9 Å². The molecule has 114 valence electrons. The van der Waals surface area contributed by atoms with Crippen LogP contribution in [0.5, 0.6) is 0 Å². The summed E-state index contributed by atoms with van der Waals surface area (Å²) in [4.78, 5) is 20.9. The first-order chi connectivity index (χ1) is 11.2. The van der Waals surface area contributed by atoms with Crippen LogP contribution in [0.25, 0.3) is 11.0 Å². The van der Waals surface area contributed by atoms with Crippen molar-refractivity contribution in [3.05, 3.63) is 60.2 Å². The summed E-state index contributed by atoms with van der Waals surface area (Å²) in [5, 5.41) is 2.94. The summed E-state index contributed by atoms with van der Waals surface area (Å²) >= 11 is 0. The van der Waals surface area contributed by atoms with Gasteiger partial charge in [0.1, 0.15) is 5.82 Å². The van der Waals surface area contributed by atoms with Gasteiger partial charge in [-0.3, -0.25) is 9.78 Å². The van der Waals surface area contributed by atoms with Crippen LogP contribution in [-0.2, 0) is 6.54 Å². The van der Waals surface area contributed by atoms with E-state index in [4.69, 9.17) is 6.42 Å². The Morgan fingerprint density at radius 1 is 1.35 bits per heavy atom. The van der Waals surface area contributed by atoms with Gasteiger partial charge in [0.2, 0.25) is 0 Å². The Kier molecular flexibility index (Phi) is 4.07. The molecule has 0 aliphatic heterocycles. The van der Waals surface area contributed by atoms with E-state index in [1.807, 2.05) is 35.8 Å². The maximum absolute atomic E-state index is 12.3. The van der Waals surface area contributed by atoms with E-state index in [2.05, 4.69) is 21.2 Å². The lowest BCUT2D eigenvalue weighted by Crippen LogP contribution is -2.28. The molecule has 5 heteroatoms. The molecule has 0 radical (unpaired) electrons. The van der Waals surface area contributed by atoms with Crippen molar-refractivity contribution in [2.75, 3.05) is 0 Å². The van der Waals surface area contributed by atoms with Gasteiger partial charge in [0.05, 0.1) is 29.2 Å². The number of pyridine rings is 1. The zero-order chi connectivity index (χ0) is 16.2. The van der Waals surface area contributed by atoms with E-state index >= 15 is 0 Å². The molecule has 5 nitrogen and oxygen atoms in total. The molecule has 2 heterocycles. The Morgan fingerprint density at radius 2 is 2.17 bits per heavy atom. The smallest absolute Gasteiger partial charge is 0.253 e. The lowest BCUT2D eigenvalue weighted by atomic mass is 10.2.